The Bertz CT molecular complexity index is 1550. The summed E-state index contributed by atoms with van der Waals surface area (Å²) in [5.41, 5.74) is 1.47. The molecule has 2 atom stereocenters. The molecule has 38 heavy (non-hydrogen) atoms. The van der Waals surface area contributed by atoms with Gasteiger partial charge in [0.2, 0.25) is 11.8 Å². The van der Waals surface area contributed by atoms with Gasteiger partial charge in [0, 0.05) is 29.0 Å². The Morgan fingerprint density at radius 2 is 1.89 bits per heavy atom. The first-order valence-corrected chi connectivity index (χ1v) is 13.3. The van der Waals surface area contributed by atoms with Crippen molar-refractivity contribution in [3.05, 3.63) is 70.4 Å². The number of rotatable bonds is 7. The largest absolute Gasteiger partial charge is 0.326 e. The first kappa shape index (κ1) is 26.0. The molecule has 2 amide bonds. The van der Waals surface area contributed by atoms with E-state index in [0.29, 0.717) is 26.5 Å². The van der Waals surface area contributed by atoms with Crippen LogP contribution in [0.3, 0.4) is 0 Å². The molecule has 2 aromatic carbocycles. The van der Waals surface area contributed by atoms with Crippen molar-refractivity contribution in [3.63, 3.8) is 0 Å². The van der Waals surface area contributed by atoms with E-state index in [9.17, 15) is 18.8 Å². The summed E-state index contributed by atoms with van der Waals surface area (Å²) in [6.45, 7) is 1.19. The van der Waals surface area contributed by atoms with Crippen LogP contribution >= 0.6 is 22.9 Å². The summed E-state index contributed by atoms with van der Waals surface area (Å²) in [6.07, 6.45) is -1.36. The summed E-state index contributed by atoms with van der Waals surface area (Å²) >= 11 is 7.57. The second-order valence-electron chi connectivity index (χ2n) is 8.95. The predicted octanol–water partition coefficient (Wildman–Crippen LogP) is 5.73. The van der Waals surface area contributed by atoms with Crippen molar-refractivity contribution in [1.82, 2.24) is 14.7 Å². The Kier molecular flexibility index (Phi) is 7.27. The van der Waals surface area contributed by atoms with Gasteiger partial charge in [-0.25, -0.2) is 8.78 Å². The fourth-order valence-corrected chi connectivity index (χ4v) is 5.76. The minimum Gasteiger partial charge on any atom is -0.326 e. The molecule has 1 fully saturated rings. The van der Waals surface area contributed by atoms with Gasteiger partial charge in [0.05, 0.1) is 22.4 Å². The molecule has 11 heteroatoms. The van der Waals surface area contributed by atoms with Crippen molar-refractivity contribution < 1.29 is 23.2 Å². The highest BCUT2D eigenvalue weighted by molar-refractivity contribution is 7.17. The topological polar surface area (TPSA) is 84.3 Å². The maximum Gasteiger partial charge on any atom is 0.247 e. The van der Waals surface area contributed by atoms with E-state index in [0.717, 1.165) is 4.90 Å². The van der Waals surface area contributed by atoms with E-state index in [1.165, 1.54) is 22.1 Å². The van der Waals surface area contributed by atoms with Crippen molar-refractivity contribution >= 4 is 56.4 Å². The van der Waals surface area contributed by atoms with Crippen molar-refractivity contribution in [1.29, 1.82) is 0 Å². The molecule has 0 aliphatic carbocycles. The molecule has 2 aromatic heterocycles. The predicted molar refractivity (Wildman–Crippen MR) is 143 cm³/mol. The van der Waals surface area contributed by atoms with E-state index < -0.39 is 29.8 Å². The van der Waals surface area contributed by atoms with E-state index in [1.807, 2.05) is 0 Å². The zero-order valence-electron chi connectivity index (χ0n) is 20.3. The number of fused-ring (bicyclic) bond motifs is 1. The number of ketones is 1. The number of hydrogen-bond donors (Lipinski definition) is 1. The van der Waals surface area contributed by atoms with Gasteiger partial charge in [0.25, 0.3) is 0 Å². The lowest BCUT2D eigenvalue weighted by molar-refractivity contribution is -0.137. The Morgan fingerprint density at radius 3 is 2.66 bits per heavy atom. The first-order chi connectivity index (χ1) is 18.3. The molecule has 1 aliphatic heterocycles. The number of benzene rings is 2. The smallest absolute Gasteiger partial charge is 0.247 e. The zero-order valence-corrected chi connectivity index (χ0v) is 21.9. The molecule has 7 nitrogen and oxygen atoms in total. The van der Waals surface area contributed by atoms with Gasteiger partial charge in [-0.3, -0.25) is 19.1 Å². The number of Topliss-reactive ketones (excluding diaryl/α,β-unsaturated/α-hetero) is 1. The van der Waals surface area contributed by atoms with Crippen LogP contribution in [0.15, 0.2) is 53.9 Å². The van der Waals surface area contributed by atoms with Crippen molar-refractivity contribution in [2.45, 2.75) is 38.5 Å². The Balaban J connectivity index is 1.36. The molecule has 2 unspecified atom stereocenters. The third kappa shape index (κ3) is 4.81. The van der Waals surface area contributed by atoms with E-state index in [1.54, 1.807) is 54.8 Å². The lowest BCUT2D eigenvalue weighted by Gasteiger charge is -2.24. The van der Waals surface area contributed by atoms with Gasteiger partial charge in [-0.05, 0) is 23.6 Å². The number of aromatic nitrogens is 2. The SMILES string of the molecule is CCC(=O)c1nn(CC(=O)N2CC(F)CC2C(=O)Nc2cccc(-c3ccccc3Cl)c2F)c2ccsc12. The molecule has 1 saturated heterocycles. The molecule has 3 heterocycles. The van der Waals surface area contributed by atoms with Crippen LogP contribution in [0.5, 0.6) is 0 Å². The van der Waals surface area contributed by atoms with Crippen LogP contribution in [0.25, 0.3) is 21.3 Å². The second-order valence-corrected chi connectivity index (χ2v) is 10.3. The standard InChI is InChI=1S/C27H23ClF2N4O3S/c1-2-22(35)25-26-20(10-11-38-26)34(32-25)14-23(36)33-13-15(29)12-21(33)27(37)31-19-9-5-7-17(24(19)30)16-6-3-4-8-18(16)28/h3-11,15,21H,2,12-14H2,1H3,(H,31,37). The van der Waals surface area contributed by atoms with E-state index in [-0.39, 0.29) is 43.0 Å². The van der Waals surface area contributed by atoms with Crippen LogP contribution in [-0.4, -0.2) is 51.0 Å². The van der Waals surface area contributed by atoms with Crippen molar-refractivity contribution in [3.8, 4) is 11.1 Å². The van der Waals surface area contributed by atoms with Gasteiger partial charge < -0.3 is 10.2 Å². The summed E-state index contributed by atoms with van der Waals surface area (Å²) < 4.78 is 31.9. The number of nitrogens with zero attached hydrogens (tertiary/aromatic N) is 3. The molecule has 0 bridgehead atoms. The first-order valence-electron chi connectivity index (χ1n) is 12.0. The number of amides is 2. The highest BCUT2D eigenvalue weighted by Crippen LogP contribution is 2.33. The Labute approximate surface area is 226 Å². The number of carbonyl (C=O) groups excluding carboxylic acids is 3. The van der Waals surface area contributed by atoms with Gasteiger partial charge >= 0.3 is 0 Å². The molecule has 1 N–H and O–H groups in total. The summed E-state index contributed by atoms with van der Waals surface area (Å²) in [6, 6.07) is 11.9. The third-order valence-corrected chi connectivity index (χ3v) is 7.76. The average molecular weight is 557 g/mol. The minimum atomic E-state index is -1.41. The highest BCUT2D eigenvalue weighted by Gasteiger charge is 2.40. The summed E-state index contributed by atoms with van der Waals surface area (Å²) in [4.78, 5) is 39.8. The highest BCUT2D eigenvalue weighted by atomic mass is 35.5. The summed E-state index contributed by atoms with van der Waals surface area (Å²) in [5.74, 6) is -2.06. The summed E-state index contributed by atoms with van der Waals surface area (Å²) in [7, 11) is 0. The maximum absolute atomic E-state index is 15.4. The summed E-state index contributed by atoms with van der Waals surface area (Å²) in [5, 5.41) is 8.99. The van der Waals surface area contributed by atoms with E-state index in [4.69, 9.17) is 11.6 Å². The number of halogens is 3. The Hall–Kier alpha value is -3.63. The molecule has 4 aromatic rings. The van der Waals surface area contributed by atoms with Gasteiger partial charge in [0.15, 0.2) is 11.6 Å². The number of thiophene rings is 1. The molecular weight excluding hydrogens is 534 g/mol. The number of alkyl halides is 1. The average Bonchev–Trinajstić information content (AvgIpc) is 3.62. The van der Waals surface area contributed by atoms with Crippen molar-refractivity contribution in [2.24, 2.45) is 0 Å². The lowest BCUT2D eigenvalue weighted by Crippen LogP contribution is -2.44. The van der Waals surface area contributed by atoms with E-state index in [2.05, 4.69) is 10.4 Å². The van der Waals surface area contributed by atoms with Crippen LogP contribution in [0.1, 0.15) is 30.3 Å². The molecule has 0 saturated carbocycles. The van der Waals surface area contributed by atoms with E-state index >= 15 is 4.39 Å². The molecule has 0 spiro atoms. The maximum atomic E-state index is 15.4. The van der Waals surface area contributed by atoms with Crippen LogP contribution in [0.4, 0.5) is 14.5 Å². The van der Waals surface area contributed by atoms with Crippen LogP contribution < -0.4 is 5.32 Å². The number of nitrogens with one attached hydrogen (secondary N) is 1. The number of hydrogen-bond acceptors (Lipinski definition) is 5. The molecule has 5 rings (SSSR count). The van der Waals surface area contributed by atoms with Crippen LogP contribution in [-0.2, 0) is 16.1 Å². The fourth-order valence-electron chi connectivity index (χ4n) is 4.63. The number of anilines is 1. The molecule has 1 aliphatic rings. The normalized spacial score (nSPS) is 17.2. The molecular formula is C27H23ClF2N4O3S. The van der Waals surface area contributed by atoms with Gasteiger partial charge in [-0.15, -0.1) is 11.3 Å². The third-order valence-electron chi connectivity index (χ3n) is 6.52. The van der Waals surface area contributed by atoms with Crippen molar-refractivity contribution in [2.75, 3.05) is 11.9 Å². The van der Waals surface area contributed by atoms with Gasteiger partial charge in [-0.1, -0.05) is 48.9 Å². The zero-order chi connectivity index (χ0) is 27.0. The second kappa shape index (κ2) is 10.6. The monoisotopic (exact) mass is 556 g/mol. The number of likely N-dealkylation sites (tertiary alicyclic amines) is 1. The van der Waals surface area contributed by atoms with Crippen LogP contribution in [0, 0.1) is 5.82 Å². The Morgan fingerprint density at radius 1 is 1.13 bits per heavy atom. The van der Waals surface area contributed by atoms with Gasteiger partial charge in [-0.2, -0.15) is 5.10 Å². The lowest BCUT2D eigenvalue weighted by atomic mass is 10.0. The van der Waals surface area contributed by atoms with Crippen LogP contribution in [0.2, 0.25) is 5.02 Å². The fraction of sp³-hybridized carbons (Fsp3) is 0.259. The molecule has 196 valence electrons. The molecule has 0 radical (unpaired) electrons. The number of carbonyl (C=O) groups is 3. The van der Waals surface area contributed by atoms with Gasteiger partial charge in [0.1, 0.15) is 24.5 Å². The minimum absolute atomic E-state index is 0.100. The quantitative estimate of drug-likeness (QED) is 0.295.